The molecule has 0 saturated carbocycles. The van der Waals surface area contributed by atoms with Crippen LogP contribution in [0.5, 0.6) is 0 Å². The highest BCUT2D eigenvalue weighted by molar-refractivity contribution is 6.30. The van der Waals surface area contributed by atoms with E-state index in [4.69, 9.17) is 11.6 Å². The first-order valence-corrected chi connectivity index (χ1v) is 9.85. The third kappa shape index (κ3) is 4.35. The predicted octanol–water partition coefficient (Wildman–Crippen LogP) is 2.17. The Balaban J connectivity index is 1.37. The second kappa shape index (κ2) is 8.13. The van der Waals surface area contributed by atoms with Gasteiger partial charge in [-0.15, -0.1) is 0 Å². The SMILES string of the molecule is O=C(Nc1ccc(Cl)cc1)N[C@H]1C[C@H]2C(=O)N[C@H](Cc3ccccc3)C(=O)N2C1. The van der Waals surface area contributed by atoms with Gasteiger partial charge in [0, 0.05) is 23.7 Å². The minimum absolute atomic E-state index is 0.110. The lowest BCUT2D eigenvalue weighted by Crippen LogP contribution is -2.61. The number of anilines is 1. The maximum atomic E-state index is 12.9. The van der Waals surface area contributed by atoms with E-state index in [2.05, 4.69) is 16.0 Å². The molecule has 2 fully saturated rings. The largest absolute Gasteiger partial charge is 0.342 e. The van der Waals surface area contributed by atoms with Crippen molar-refractivity contribution >= 4 is 35.1 Å². The van der Waals surface area contributed by atoms with Gasteiger partial charge in [0.25, 0.3) is 0 Å². The number of halogens is 1. The van der Waals surface area contributed by atoms with E-state index >= 15 is 0 Å². The van der Waals surface area contributed by atoms with Gasteiger partial charge < -0.3 is 20.9 Å². The maximum absolute atomic E-state index is 12.9. The van der Waals surface area contributed by atoms with Gasteiger partial charge in [-0.3, -0.25) is 9.59 Å². The van der Waals surface area contributed by atoms with Crippen molar-refractivity contribution in [3.05, 3.63) is 65.2 Å². The normalized spacial score (nSPS) is 23.3. The number of fused-ring (bicyclic) bond motifs is 1. The number of carbonyl (C=O) groups excluding carboxylic acids is 3. The van der Waals surface area contributed by atoms with E-state index in [1.165, 1.54) is 0 Å². The van der Waals surface area contributed by atoms with Gasteiger partial charge in [-0.25, -0.2) is 4.79 Å². The van der Waals surface area contributed by atoms with Crippen LogP contribution in [0, 0.1) is 0 Å². The van der Waals surface area contributed by atoms with Crippen molar-refractivity contribution in [3.8, 4) is 0 Å². The van der Waals surface area contributed by atoms with Gasteiger partial charge in [0.15, 0.2) is 0 Å². The third-order valence-electron chi connectivity index (χ3n) is 5.22. The number of carbonyl (C=O) groups is 3. The molecule has 2 heterocycles. The maximum Gasteiger partial charge on any atom is 0.319 e. The summed E-state index contributed by atoms with van der Waals surface area (Å²) in [6, 6.07) is 14.5. The Labute approximate surface area is 173 Å². The lowest BCUT2D eigenvalue weighted by atomic mass is 10.0. The van der Waals surface area contributed by atoms with Crippen molar-refractivity contribution in [1.29, 1.82) is 0 Å². The number of urea groups is 1. The molecule has 2 aromatic rings. The molecule has 7 nitrogen and oxygen atoms in total. The van der Waals surface area contributed by atoms with Crippen LogP contribution in [0.4, 0.5) is 10.5 Å². The summed E-state index contributed by atoms with van der Waals surface area (Å²) in [5, 5.41) is 8.99. The lowest BCUT2D eigenvalue weighted by molar-refractivity contribution is -0.147. The Kier molecular flexibility index (Phi) is 5.40. The highest BCUT2D eigenvalue weighted by Gasteiger charge is 2.46. The van der Waals surface area contributed by atoms with Crippen LogP contribution < -0.4 is 16.0 Å². The van der Waals surface area contributed by atoms with Gasteiger partial charge in [0.05, 0.1) is 6.04 Å². The fourth-order valence-corrected chi connectivity index (χ4v) is 3.96. The van der Waals surface area contributed by atoms with Crippen LogP contribution in [0.1, 0.15) is 12.0 Å². The molecule has 0 aromatic heterocycles. The van der Waals surface area contributed by atoms with Crippen LogP contribution in [0.25, 0.3) is 0 Å². The topological polar surface area (TPSA) is 90.5 Å². The molecule has 3 N–H and O–H groups in total. The van der Waals surface area contributed by atoms with Gasteiger partial charge in [-0.1, -0.05) is 41.9 Å². The number of amides is 4. The first-order chi connectivity index (χ1) is 14.0. The molecule has 0 bridgehead atoms. The predicted molar refractivity (Wildman–Crippen MR) is 110 cm³/mol. The number of hydrogen-bond donors (Lipinski definition) is 3. The average Bonchev–Trinajstić information content (AvgIpc) is 3.13. The number of piperazine rings is 1. The number of rotatable bonds is 4. The van der Waals surface area contributed by atoms with Crippen LogP contribution >= 0.6 is 11.6 Å². The van der Waals surface area contributed by atoms with Crippen LogP contribution in [0.3, 0.4) is 0 Å². The fourth-order valence-electron chi connectivity index (χ4n) is 3.84. The van der Waals surface area contributed by atoms with E-state index in [1.54, 1.807) is 29.2 Å². The summed E-state index contributed by atoms with van der Waals surface area (Å²) in [5.41, 5.74) is 1.60. The standard InChI is InChI=1S/C21H21ClN4O3/c22-14-6-8-15(9-7-14)23-21(29)24-16-11-18-19(27)25-17(20(28)26(18)12-16)10-13-4-2-1-3-5-13/h1-9,16-18H,10-12H2,(H,25,27)(H2,23,24,29)/t16-,17+,18-/m0/s1. The molecule has 2 aromatic carbocycles. The summed E-state index contributed by atoms with van der Waals surface area (Å²) in [6.45, 7) is 0.316. The molecule has 3 atom stereocenters. The first-order valence-electron chi connectivity index (χ1n) is 9.47. The highest BCUT2D eigenvalue weighted by Crippen LogP contribution is 2.24. The van der Waals surface area contributed by atoms with Gasteiger partial charge in [-0.05, 0) is 36.2 Å². The molecular formula is C21H21ClN4O3. The molecule has 2 aliphatic rings. The van der Waals surface area contributed by atoms with Gasteiger partial charge in [-0.2, -0.15) is 0 Å². The fraction of sp³-hybridized carbons (Fsp3) is 0.286. The number of hydrogen-bond acceptors (Lipinski definition) is 3. The molecule has 2 aliphatic heterocycles. The van der Waals surface area contributed by atoms with Crippen LogP contribution in [-0.2, 0) is 16.0 Å². The molecule has 2 saturated heterocycles. The quantitative estimate of drug-likeness (QED) is 0.718. The Hall–Kier alpha value is -3.06. The van der Waals surface area contributed by atoms with Crippen molar-refractivity contribution in [2.24, 2.45) is 0 Å². The summed E-state index contributed by atoms with van der Waals surface area (Å²) in [7, 11) is 0. The minimum Gasteiger partial charge on any atom is -0.342 e. The summed E-state index contributed by atoms with van der Waals surface area (Å²) in [4.78, 5) is 39.3. The smallest absolute Gasteiger partial charge is 0.319 e. The van der Waals surface area contributed by atoms with Gasteiger partial charge >= 0.3 is 6.03 Å². The zero-order valence-electron chi connectivity index (χ0n) is 15.6. The van der Waals surface area contributed by atoms with Crippen LogP contribution in [0.2, 0.25) is 5.02 Å². The van der Waals surface area contributed by atoms with Crippen LogP contribution in [0.15, 0.2) is 54.6 Å². The molecule has 0 spiro atoms. The molecule has 8 heteroatoms. The summed E-state index contributed by atoms with van der Waals surface area (Å²) in [5.74, 6) is -0.284. The molecule has 4 rings (SSSR count). The molecule has 0 unspecified atom stereocenters. The van der Waals surface area contributed by atoms with E-state index in [0.29, 0.717) is 30.1 Å². The molecule has 4 amide bonds. The van der Waals surface area contributed by atoms with Gasteiger partial charge in [0.1, 0.15) is 12.1 Å². The van der Waals surface area contributed by atoms with Gasteiger partial charge in [0.2, 0.25) is 11.8 Å². The Morgan fingerprint density at radius 1 is 1.10 bits per heavy atom. The third-order valence-corrected chi connectivity index (χ3v) is 5.47. The zero-order chi connectivity index (χ0) is 20.4. The number of nitrogens with zero attached hydrogens (tertiary/aromatic N) is 1. The zero-order valence-corrected chi connectivity index (χ0v) is 16.4. The number of nitrogens with one attached hydrogen (secondary N) is 3. The molecular weight excluding hydrogens is 392 g/mol. The monoisotopic (exact) mass is 412 g/mol. The molecule has 150 valence electrons. The van der Waals surface area contributed by atoms with Crippen molar-refractivity contribution in [2.45, 2.75) is 31.0 Å². The lowest BCUT2D eigenvalue weighted by Gasteiger charge is -2.34. The van der Waals surface area contributed by atoms with E-state index in [9.17, 15) is 14.4 Å². The van der Waals surface area contributed by atoms with Crippen molar-refractivity contribution in [2.75, 3.05) is 11.9 Å². The van der Waals surface area contributed by atoms with E-state index in [1.807, 2.05) is 30.3 Å². The Morgan fingerprint density at radius 2 is 1.83 bits per heavy atom. The van der Waals surface area contributed by atoms with E-state index in [-0.39, 0.29) is 23.9 Å². The van der Waals surface area contributed by atoms with Crippen LogP contribution in [-0.4, -0.2) is 47.4 Å². The second-order valence-corrected chi connectivity index (χ2v) is 7.73. The molecule has 0 aliphatic carbocycles. The summed E-state index contributed by atoms with van der Waals surface area (Å²) < 4.78 is 0. The molecule has 0 radical (unpaired) electrons. The van der Waals surface area contributed by atoms with Crippen molar-refractivity contribution in [1.82, 2.24) is 15.5 Å². The Morgan fingerprint density at radius 3 is 2.55 bits per heavy atom. The summed E-state index contributed by atoms with van der Waals surface area (Å²) >= 11 is 5.84. The minimum atomic E-state index is -0.581. The first kappa shape index (κ1) is 19.3. The molecule has 29 heavy (non-hydrogen) atoms. The van der Waals surface area contributed by atoms with Crippen molar-refractivity contribution in [3.63, 3.8) is 0 Å². The van der Waals surface area contributed by atoms with Crippen molar-refractivity contribution < 1.29 is 14.4 Å². The van der Waals surface area contributed by atoms with E-state index < -0.39 is 12.1 Å². The average molecular weight is 413 g/mol. The number of benzene rings is 2. The Bertz CT molecular complexity index is 919. The highest BCUT2D eigenvalue weighted by atomic mass is 35.5. The second-order valence-electron chi connectivity index (χ2n) is 7.30. The van der Waals surface area contributed by atoms with E-state index in [0.717, 1.165) is 5.56 Å². The summed E-state index contributed by atoms with van der Waals surface area (Å²) in [6.07, 6.45) is 0.841.